The monoisotopic (exact) mass is 211 g/mol. The lowest BCUT2D eigenvalue weighted by atomic mass is 10.4. The molecule has 6 heteroatoms. The smallest absolute Gasteiger partial charge is 0.293 e. The Hall–Kier alpha value is -1.43. The lowest BCUT2D eigenvalue weighted by Gasteiger charge is -2.14. The number of hydrogen-bond donors (Lipinski definition) is 2. The number of carbonyl (C=O) groups excluding carboxylic acids is 1. The normalized spacial score (nSPS) is 10.3. The molecule has 6 nitrogen and oxygen atoms in total. The average molecular weight is 211 g/mol. The van der Waals surface area contributed by atoms with Crippen molar-refractivity contribution in [1.82, 2.24) is 25.4 Å². The summed E-state index contributed by atoms with van der Waals surface area (Å²) in [6.07, 6.45) is 0.919. The van der Waals surface area contributed by atoms with Gasteiger partial charge in [0, 0.05) is 13.6 Å². The molecule has 1 heterocycles. The van der Waals surface area contributed by atoms with Crippen LogP contribution in [0.15, 0.2) is 0 Å². The molecule has 1 rings (SSSR count). The van der Waals surface area contributed by atoms with Crippen LogP contribution in [-0.2, 0) is 0 Å². The van der Waals surface area contributed by atoms with Crippen LogP contribution in [0.2, 0.25) is 0 Å². The van der Waals surface area contributed by atoms with E-state index in [4.69, 9.17) is 0 Å². The zero-order valence-electron chi connectivity index (χ0n) is 9.37. The lowest BCUT2D eigenvalue weighted by Crippen LogP contribution is -2.30. The fraction of sp³-hybridized carbons (Fsp3) is 0.667. The van der Waals surface area contributed by atoms with Gasteiger partial charge in [0.15, 0.2) is 0 Å². The van der Waals surface area contributed by atoms with Crippen molar-refractivity contribution in [3.05, 3.63) is 11.6 Å². The third-order valence-electron chi connectivity index (χ3n) is 2.06. The van der Waals surface area contributed by atoms with Crippen molar-refractivity contribution in [3.8, 4) is 0 Å². The summed E-state index contributed by atoms with van der Waals surface area (Å²) in [6.45, 7) is 3.36. The number of aromatic amines is 1. The number of aryl methyl sites for hydroxylation is 1. The Balaban J connectivity index is 2.46. The van der Waals surface area contributed by atoms with Crippen molar-refractivity contribution in [2.75, 3.05) is 27.2 Å². The number of nitrogens with one attached hydrogen (secondary N) is 2. The van der Waals surface area contributed by atoms with Crippen molar-refractivity contribution in [3.63, 3.8) is 0 Å². The highest BCUT2D eigenvalue weighted by molar-refractivity contribution is 5.90. The summed E-state index contributed by atoms with van der Waals surface area (Å²) in [5.74, 6) is 0.747. The number of hydrogen-bond acceptors (Lipinski definition) is 4. The highest BCUT2D eigenvalue weighted by Gasteiger charge is 2.15. The average Bonchev–Trinajstić information content (AvgIpc) is 2.64. The molecule has 0 bridgehead atoms. The third kappa shape index (κ3) is 3.32. The van der Waals surface area contributed by atoms with E-state index in [0.717, 1.165) is 13.0 Å². The topological polar surface area (TPSA) is 73.9 Å². The summed E-state index contributed by atoms with van der Waals surface area (Å²) in [7, 11) is 3.64. The number of H-pyrrole nitrogens is 1. The molecule has 0 saturated carbocycles. The largest absolute Gasteiger partial charge is 0.339 e. The zero-order valence-corrected chi connectivity index (χ0v) is 9.37. The minimum absolute atomic E-state index is 0.143. The van der Waals surface area contributed by atoms with Crippen LogP contribution in [0.3, 0.4) is 0 Å². The van der Waals surface area contributed by atoms with Gasteiger partial charge in [0.05, 0.1) is 0 Å². The second kappa shape index (κ2) is 5.45. The van der Waals surface area contributed by atoms with Gasteiger partial charge >= 0.3 is 0 Å². The van der Waals surface area contributed by atoms with Crippen LogP contribution >= 0.6 is 0 Å². The molecule has 1 amide bonds. The van der Waals surface area contributed by atoms with E-state index in [-0.39, 0.29) is 11.7 Å². The Labute approximate surface area is 89.1 Å². The van der Waals surface area contributed by atoms with Gasteiger partial charge in [-0.3, -0.25) is 9.89 Å². The van der Waals surface area contributed by atoms with Crippen LogP contribution in [0.25, 0.3) is 0 Å². The number of aromatic nitrogens is 3. The first-order chi connectivity index (χ1) is 7.15. The molecule has 0 aliphatic rings. The zero-order chi connectivity index (χ0) is 11.3. The van der Waals surface area contributed by atoms with Crippen molar-refractivity contribution in [1.29, 1.82) is 0 Å². The van der Waals surface area contributed by atoms with Crippen molar-refractivity contribution in [2.45, 2.75) is 13.3 Å². The summed E-state index contributed by atoms with van der Waals surface area (Å²) in [5, 5.41) is 9.50. The Morgan fingerprint density at radius 2 is 2.33 bits per heavy atom. The van der Waals surface area contributed by atoms with E-state index in [0.29, 0.717) is 12.4 Å². The highest BCUT2D eigenvalue weighted by Crippen LogP contribution is 1.97. The van der Waals surface area contributed by atoms with Crippen molar-refractivity contribution in [2.24, 2.45) is 0 Å². The number of carbonyl (C=O) groups is 1. The quantitative estimate of drug-likeness (QED) is 0.661. The first kappa shape index (κ1) is 11.6. The van der Waals surface area contributed by atoms with Crippen LogP contribution in [0.5, 0.6) is 0 Å². The molecule has 15 heavy (non-hydrogen) atoms. The Kier molecular flexibility index (Phi) is 4.23. The molecule has 0 aromatic carbocycles. The van der Waals surface area contributed by atoms with Crippen LogP contribution < -0.4 is 5.32 Å². The van der Waals surface area contributed by atoms with Gasteiger partial charge < -0.3 is 10.2 Å². The van der Waals surface area contributed by atoms with E-state index in [1.165, 1.54) is 0 Å². The van der Waals surface area contributed by atoms with Gasteiger partial charge in [-0.1, -0.05) is 0 Å². The minimum atomic E-state index is -0.143. The number of rotatable bonds is 5. The maximum Gasteiger partial charge on any atom is 0.293 e. The van der Waals surface area contributed by atoms with E-state index >= 15 is 0 Å². The molecule has 0 aliphatic carbocycles. The Bertz CT molecular complexity index is 322. The van der Waals surface area contributed by atoms with E-state index < -0.39 is 0 Å². The van der Waals surface area contributed by atoms with E-state index in [1.54, 1.807) is 18.9 Å². The van der Waals surface area contributed by atoms with E-state index in [1.807, 2.05) is 7.05 Å². The molecular formula is C9H17N5O. The first-order valence-electron chi connectivity index (χ1n) is 4.94. The number of amides is 1. The van der Waals surface area contributed by atoms with E-state index in [9.17, 15) is 4.79 Å². The Morgan fingerprint density at radius 1 is 1.60 bits per heavy atom. The molecular weight excluding hydrogens is 194 g/mol. The van der Waals surface area contributed by atoms with Crippen molar-refractivity contribution < 1.29 is 4.79 Å². The molecule has 0 unspecified atom stereocenters. The second-order valence-corrected chi connectivity index (χ2v) is 3.43. The van der Waals surface area contributed by atoms with Crippen LogP contribution in [0.4, 0.5) is 0 Å². The summed E-state index contributed by atoms with van der Waals surface area (Å²) in [5.41, 5.74) is 0. The number of nitrogens with zero attached hydrogens (tertiary/aromatic N) is 3. The highest BCUT2D eigenvalue weighted by atomic mass is 16.2. The van der Waals surface area contributed by atoms with E-state index in [2.05, 4.69) is 20.5 Å². The molecule has 1 aromatic heterocycles. The molecule has 0 atom stereocenters. The molecule has 0 fully saturated rings. The first-order valence-corrected chi connectivity index (χ1v) is 4.94. The molecule has 84 valence electrons. The maximum absolute atomic E-state index is 11.7. The van der Waals surface area contributed by atoms with Gasteiger partial charge in [-0.25, -0.2) is 4.98 Å². The molecule has 0 spiro atoms. The minimum Gasteiger partial charge on any atom is -0.339 e. The molecule has 0 saturated heterocycles. The fourth-order valence-electron chi connectivity index (χ4n) is 1.20. The van der Waals surface area contributed by atoms with Gasteiger partial charge in [-0.2, -0.15) is 0 Å². The standard InChI is InChI=1S/C9H17N5O/c1-7-11-8(13-12-7)9(15)14(3)6-4-5-10-2/h10H,4-6H2,1-3H3,(H,11,12,13). The predicted octanol–water partition coefficient (Wildman–Crippen LogP) is -0.205. The molecule has 0 radical (unpaired) electrons. The van der Waals surface area contributed by atoms with Crippen LogP contribution in [-0.4, -0.2) is 53.2 Å². The van der Waals surface area contributed by atoms with Crippen LogP contribution in [0.1, 0.15) is 22.9 Å². The lowest BCUT2D eigenvalue weighted by molar-refractivity contribution is 0.0782. The Morgan fingerprint density at radius 3 is 2.87 bits per heavy atom. The van der Waals surface area contributed by atoms with Gasteiger partial charge in [0.1, 0.15) is 5.82 Å². The molecule has 0 aliphatic heterocycles. The SMILES string of the molecule is CNCCCN(C)C(=O)c1n[nH]c(C)n1. The van der Waals surface area contributed by atoms with Gasteiger partial charge in [0.25, 0.3) is 5.91 Å². The summed E-state index contributed by atoms with van der Waals surface area (Å²) in [4.78, 5) is 17.3. The summed E-state index contributed by atoms with van der Waals surface area (Å²) < 4.78 is 0. The molecule has 1 aromatic rings. The maximum atomic E-state index is 11.7. The van der Waals surface area contributed by atoms with Gasteiger partial charge in [-0.05, 0) is 26.9 Å². The van der Waals surface area contributed by atoms with Crippen molar-refractivity contribution >= 4 is 5.91 Å². The van der Waals surface area contributed by atoms with Gasteiger partial charge in [-0.15, -0.1) is 5.10 Å². The molecule has 2 N–H and O–H groups in total. The summed E-state index contributed by atoms with van der Waals surface area (Å²) >= 11 is 0. The summed E-state index contributed by atoms with van der Waals surface area (Å²) in [6, 6.07) is 0. The second-order valence-electron chi connectivity index (χ2n) is 3.43. The third-order valence-corrected chi connectivity index (χ3v) is 2.06. The van der Waals surface area contributed by atoms with Gasteiger partial charge in [0.2, 0.25) is 5.82 Å². The van der Waals surface area contributed by atoms with Crippen LogP contribution in [0, 0.1) is 6.92 Å². The fourth-order valence-corrected chi connectivity index (χ4v) is 1.20. The predicted molar refractivity (Wildman–Crippen MR) is 56.6 cm³/mol.